The highest BCUT2D eigenvalue weighted by Gasteiger charge is 2.22. The van der Waals surface area contributed by atoms with Crippen LogP contribution in [0, 0.1) is 5.82 Å². The van der Waals surface area contributed by atoms with Crippen LogP contribution in [0.15, 0.2) is 52.7 Å². The molecule has 0 bridgehead atoms. The van der Waals surface area contributed by atoms with Crippen LogP contribution in [-0.4, -0.2) is 41.1 Å². The topological polar surface area (TPSA) is 58.6 Å². The molecule has 0 spiro atoms. The number of hydrogen-bond donors (Lipinski definition) is 1. The van der Waals surface area contributed by atoms with Crippen molar-refractivity contribution >= 4 is 31.4 Å². The first kappa shape index (κ1) is 19.8. The largest absolute Gasteiger partial charge is 0.494 e. The van der Waals surface area contributed by atoms with E-state index in [0.717, 1.165) is 21.7 Å². The Morgan fingerprint density at radius 2 is 1.96 bits per heavy atom. The van der Waals surface area contributed by atoms with Crippen molar-refractivity contribution in [1.29, 1.82) is 0 Å². The number of fused-ring (bicyclic) bond motifs is 1. The van der Waals surface area contributed by atoms with Crippen LogP contribution in [0.2, 0.25) is 0 Å². The molecule has 27 heavy (non-hydrogen) atoms. The first-order chi connectivity index (χ1) is 12.8. The summed E-state index contributed by atoms with van der Waals surface area (Å²) in [7, 11) is 1.28. The van der Waals surface area contributed by atoms with E-state index in [0.29, 0.717) is 0 Å². The molecular formula is C19H21FN2O3S2. The number of ether oxygens (including phenoxy) is 1. The molecule has 1 heterocycles. The van der Waals surface area contributed by atoms with Crippen molar-refractivity contribution in [2.24, 2.45) is 0 Å². The molecule has 1 N–H and O–H groups in total. The zero-order chi connectivity index (χ0) is 19.6. The molecule has 0 fully saturated rings. The van der Waals surface area contributed by atoms with E-state index in [-0.39, 0.29) is 23.2 Å². The number of halogens is 1. The van der Waals surface area contributed by atoms with Crippen LogP contribution in [0.25, 0.3) is 10.1 Å². The standard InChI is InChI=1S/C19H21FN2O3S2/c1-22(2)17(15-12-26-19-7-5-4-6-14(15)19)11-21-27(23,24)13-8-9-18(25-3)16(20)10-13/h4-10,12,17,21H,11H2,1-3H3. The fourth-order valence-corrected chi connectivity index (χ4v) is 4.97. The summed E-state index contributed by atoms with van der Waals surface area (Å²) in [5.74, 6) is -0.710. The molecule has 0 aliphatic rings. The van der Waals surface area contributed by atoms with Gasteiger partial charge in [-0.1, -0.05) is 18.2 Å². The van der Waals surface area contributed by atoms with E-state index in [9.17, 15) is 12.8 Å². The molecule has 0 amide bonds. The fourth-order valence-electron chi connectivity index (χ4n) is 2.91. The van der Waals surface area contributed by atoms with Gasteiger partial charge in [-0.2, -0.15) is 0 Å². The zero-order valence-electron chi connectivity index (χ0n) is 15.3. The highest BCUT2D eigenvalue weighted by atomic mass is 32.2. The minimum Gasteiger partial charge on any atom is -0.494 e. The molecule has 0 aliphatic carbocycles. The average Bonchev–Trinajstić information content (AvgIpc) is 3.05. The fraction of sp³-hybridized carbons (Fsp3) is 0.263. The predicted octanol–water partition coefficient (Wildman–Crippen LogP) is 3.63. The van der Waals surface area contributed by atoms with E-state index in [2.05, 4.69) is 10.1 Å². The van der Waals surface area contributed by atoms with Crippen LogP contribution >= 0.6 is 11.3 Å². The summed E-state index contributed by atoms with van der Waals surface area (Å²) in [5.41, 5.74) is 1.06. The molecule has 3 aromatic rings. The van der Waals surface area contributed by atoms with Crippen molar-refractivity contribution in [2.45, 2.75) is 10.9 Å². The third-order valence-corrected chi connectivity index (χ3v) is 6.80. The number of nitrogens with one attached hydrogen (secondary N) is 1. The lowest BCUT2D eigenvalue weighted by atomic mass is 10.1. The average molecular weight is 409 g/mol. The molecule has 5 nitrogen and oxygen atoms in total. The summed E-state index contributed by atoms with van der Waals surface area (Å²) in [4.78, 5) is 1.83. The van der Waals surface area contributed by atoms with Gasteiger partial charge in [0.2, 0.25) is 10.0 Å². The van der Waals surface area contributed by atoms with Gasteiger partial charge >= 0.3 is 0 Å². The molecule has 3 rings (SSSR count). The lowest BCUT2D eigenvalue weighted by Crippen LogP contribution is -2.34. The van der Waals surface area contributed by atoms with Gasteiger partial charge in [-0.3, -0.25) is 0 Å². The van der Waals surface area contributed by atoms with Crippen molar-refractivity contribution in [1.82, 2.24) is 9.62 Å². The van der Waals surface area contributed by atoms with Gasteiger partial charge in [0.1, 0.15) is 0 Å². The molecular weight excluding hydrogens is 387 g/mol. The second-order valence-corrected chi connectivity index (χ2v) is 8.99. The highest BCUT2D eigenvalue weighted by Crippen LogP contribution is 2.32. The quantitative estimate of drug-likeness (QED) is 0.649. The predicted molar refractivity (Wildman–Crippen MR) is 106 cm³/mol. The number of rotatable bonds is 7. The van der Waals surface area contributed by atoms with Crippen molar-refractivity contribution in [3.05, 3.63) is 59.2 Å². The van der Waals surface area contributed by atoms with Crippen LogP contribution in [0.1, 0.15) is 11.6 Å². The Morgan fingerprint density at radius 1 is 1.22 bits per heavy atom. The van der Waals surface area contributed by atoms with Gasteiger partial charge in [0.05, 0.1) is 12.0 Å². The summed E-state index contributed by atoms with van der Waals surface area (Å²) in [6, 6.07) is 11.5. The van der Waals surface area contributed by atoms with E-state index < -0.39 is 15.8 Å². The van der Waals surface area contributed by atoms with E-state index in [4.69, 9.17) is 4.74 Å². The summed E-state index contributed by atoms with van der Waals surface area (Å²) in [6.07, 6.45) is 0. The number of methoxy groups -OCH3 is 1. The Hall–Kier alpha value is -2.00. The lowest BCUT2D eigenvalue weighted by molar-refractivity contribution is 0.301. The second-order valence-electron chi connectivity index (χ2n) is 6.31. The van der Waals surface area contributed by atoms with Crippen LogP contribution < -0.4 is 9.46 Å². The molecule has 0 saturated heterocycles. The number of benzene rings is 2. The van der Waals surface area contributed by atoms with Gasteiger partial charge in [0.15, 0.2) is 11.6 Å². The van der Waals surface area contributed by atoms with Crippen LogP contribution in [0.3, 0.4) is 0 Å². The molecule has 1 atom stereocenters. The summed E-state index contributed by atoms with van der Waals surface area (Å²) >= 11 is 1.63. The Kier molecular flexibility index (Phi) is 5.81. The van der Waals surface area contributed by atoms with Crippen LogP contribution in [0.4, 0.5) is 4.39 Å². The van der Waals surface area contributed by atoms with E-state index in [1.807, 2.05) is 43.3 Å². The maximum Gasteiger partial charge on any atom is 0.240 e. The highest BCUT2D eigenvalue weighted by molar-refractivity contribution is 7.89. The monoisotopic (exact) mass is 408 g/mol. The molecule has 1 aromatic heterocycles. The third-order valence-electron chi connectivity index (χ3n) is 4.39. The first-order valence-electron chi connectivity index (χ1n) is 8.29. The third kappa shape index (κ3) is 4.14. The normalized spacial score (nSPS) is 13.2. The van der Waals surface area contributed by atoms with Crippen LogP contribution in [-0.2, 0) is 10.0 Å². The van der Waals surface area contributed by atoms with Crippen molar-refractivity contribution in [3.63, 3.8) is 0 Å². The first-order valence-corrected chi connectivity index (χ1v) is 10.7. The van der Waals surface area contributed by atoms with E-state index in [1.54, 1.807) is 11.3 Å². The number of likely N-dealkylation sites (N-methyl/N-ethyl adjacent to an activating group) is 1. The maximum absolute atomic E-state index is 13.9. The minimum atomic E-state index is -3.85. The van der Waals surface area contributed by atoms with E-state index >= 15 is 0 Å². The van der Waals surface area contributed by atoms with Gasteiger partial charge in [-0.25, -0.2) is 17.5 Å². The van der Waals surface area contributed by atoms with Gasteiger partial charge in [-0.05, 0) is 54.7 Å². The molecule has 0 radical (unpaired) electrons. The Balaban J connectivity index is 1.85. The molecule has 0 aliphatic heterocycles. The van der Waals surface area contributed by atoms with Gasteiger partial charge in [0, 0.05) is 17.3 Å². The van der Waals surface area contributed by atoms with Crippen LogP contribution in [0.5, 0.6) is 5.75 Å². The Morgan fingerprint density at radius 3 is 2.63 bits per heavy atom. The molecule has 144 valence electrons. The SMILES string of the molecule is COc1ccc(S(=O)(=O)NCC(c2csc3ccccc23)N(C)C)cc1F. The zero-order valence-corrected chi connectivity index (χ0v) is 16.9. The van der Waals surface area contributed by atoms with Gasteiger partial charge in [0.25, 0.3) is 0 Å². The number of thiophene rings is 1. The summed E-state index contributed by atoms with van der Waals surface area (Å²) in [6.45, 7) is 0.170. The number of sulfonamides is 1. The number of nitrogens with zero attached hydrogens (tertiary/aromatic N) is 1. The maximum atomic E-state index is 13.9. The molecule has 1 unspecified atom stereocenters. The summed E-state index contributed by atoms with van der Waals surface area (Å²) < 4.78 is 47.7. The number of hydrogen-bond acceptors (Lipinski definition) is 5. The van der Waals surface area contributed by atoms with E-state index in [1.165, 1.54) is 19.2 Å². The van der Waals surface area contributed by atoms with Crippen molar-refractivity contribution in [2.75, 3.05) is 27.7 Å². The van der Waals surface area contributed by atoms with Gasteiger partial charge < -0.3 is 9.64 Å². The van der Waals surface area contributed by atoms with Gasteiger partial charge in [-0.15, -0.1) is 11.3 Å². The smallest absolute Gasteiger partial charge is 0.240 e. The summed E-state index contributed by atoms with van der Waals surface area (Å²) in [5, 5.41) is 3.16. The Labute approximate surface area is 162 Å². The second kappa shape index (κ2) is 7.93. The van der Waals surface area contributed by atoms with Crippen molar-refractivity contribution < 1.29 is 17.5 Å². The molecule has 0 saturated carbocycles. The molecule has 2 aromatic carbocycles. The van der Waals surface area contributed by atoms with Crippen molar-refractivity contribution in [3.8, 4) is 5.75 Å². The lowest BCUT2D eigenvalue weighted by Gasteiger charge is -2.24. The Bertz CT molecular complexity index is 1050. The minimum absolute atomic E-state index is 0.00450. The molecule has 8 heteroatoms.